The van der Waals surface area contributed by atoms with Crippen LogP contribution in [0.1, 0.15) is 22.3 Å². The molecule has 0 unspecified atom stereocenters. The van der Waals surface area contributed by atoms with E-state index in [1.807, 2.05) is 31.2 Å². The van der Waals surface area contributed by atoms with Gasteiger partial charge < -0.3 is 10.1 Å². The van der Waals surface area contributed by atoms with Gasteiger partial charge in [0.1, 0.15) is 0 Å². The Morgan fingerprint density at radius 1 is 1.33 bits per heavy atom. The molecule has 0 aliphatic carbocycles. The fourth-order valence-electron chi connectivity index (χ4n) is 1.23. The number of hydrogen-bond donors (Lipinski definition) is 1. The molecule has 1 N–H and O–H groups in total. The fraction of sp³-hybridized carbons (Fsp3) is 0.417. The maximum Gasteiger partial charge on any atom is 0.251 e. The van der Waals surface area contributed by atoms with Crippen LogP contribution in [0.3, 0.4) is 0 Å². The van der Waals surface area contributed by atoms with Crippen LogP contribution in [0.4, 0.5) is 0 Å². The number of carbonyl (C=O) groups excluding carboxylic acids is 1. The molecule has 1 amide bonds. The Balaban J connectivity index is 2.37. The van der Waals surface area contributed by atoms with E-state index in [9.17, 15) is 4.79 Å². The van der Waals surface area contributed by atoms with Crippen LogP contribution in [0.15, 0.2) is 24.3 Å². The molecule has 82 valence electrons. The molecule has 0 atom stereocenters. The highest BCUT2D eigenvalue weighted by molar-refractivity contribution is 5.94. The van der Waals surface area contributed by atoms with Gasteiger partial charge in [-0.05, 0) is 25.5 Å². The van der Waals surface area contributed by atoms with Crippen molar-refractivity contribution in [3.8, 4) is 0 Å². The summed E-state index contributed by atoms with van der Waals surface area (Å²) in [7, 11) is 1.65. The molecule has 0 radical (unpaired) electrons. The Hall–Kier alpha value is -1.35. The van der Waals surface area contributed by atoms with Gasteiger partial charge in [-0.1, -0.05) is 17.7 Å². The third kappa shape index (κ3) is 4.13. The summed E-state index contributed by atoms with van der Waals surface area (Å²) in [6.45, 7) is 3.33. The predicted octanol–water partition coefficient (Wildman–Crippen LogP) is 1.76. The minimum absolute atomic E-state index is 0.0221. The molecule has 0 bridgehead atoms. The summed E-state index contributed by atoms with van der Waals surface area (Å²) in [5, 5.41) is 2.83. The normalized spacial score (nSPS) is 10.0. The molecule has 0 heterocycles. The van der Waals surface area contributed by atoms with Crippen molar-refractivity contribution in [1.82, 2.24) is 5.32 Å². The van der Waals surface area contributed by atoms with E-state index < -0.39 is 0 Å². The summed E-state index contributed by atoms with van der Waals surface area (Å²) < 4.78 is 4.89. The first-order chi connectivity index (χ1) is 7.24. The Morgan fingerprint density at radius 2 is 2.00 bits per heavy atom. The second-order valence-electron chi connectivity index (χ2n) is 3.47. The zero-order valence-electron chi connectivity index (χ0n) is 9.25. The summed E-state index contributed by atoms with van der Waals surface area (Å²) >= 11 is 0. The van der Waals surface area contributed by atoms with Gasteiger partial charge in [0.2, 0.25) is 0 Å². The third-order valence-corrected chi connectivity index (χ3v) is 2.12. The summed E-state index contributed by atoms with van der Waals surface area (Å²) in [6.07, 6.45) is 0.841. The lowest BCUT2D eigenvalue weighted by molar-refractivity contribution is 0.0948. The van der Waals surface area contributed by atoms with Gasteiger partial charge >= 0.3 is 0 Å². The molecule has 0 aliphatic heterocycles. The molecule has 1 aromatic rings. The molecule has 0 saturated carbocycles. The van der Waals surface area contributed by atoms with Gasteiger partial charge in [0.05, 0.1) is 0 Å². The van der Waals surface area contributed by atoms with Crippen LogP contribution in [0.2, 0.25) is 0 Å². The Bertz CT molecular complexity index is 306. The number of benzene rings is 1. The van der Waals surface area contributed by atoms with Crippen molar-refractivity contribution in [1.29, 1.82) is 0 Å². The standard InChI is InChI=1S/C12H17NO2/c1-10-4-6-11(7-5-10)12(14)13-8-3-9-15-2/h4-7H,3,8-9H2,1-2H3,(H,13,14). The zero-order chi connectivity index (χ0) is 11.1. The highest BCUT2D eigenvalue weighted by Gasteiger charge is 2.02. The van der Waals surface area contributed by atoms with Crippen molar-refractivity contribution in [2.24, 2.45) is 0 Å². The van der Waals surface area contributed by atoms with Crippen LogP contribution < -0.4 is 5.32 Å². The second-order valence-corrected chi connectivity index (χ2v) is 3.47. The minimum atomic E-state index is -0.0221. The molecule has 0 spiro atoms. The summed E-state index contributed by atoms with van der Waals surface area (Å²) in [5.74, 6) is -0.0221. The zero-order valence-corrected chi connectivity index (χ0v) is 9.25. The molecule has 1 aromatic carbocycles. The maximum atomic E-state index is 11.6. The second kappa shape index (κ2) is 6.19. The van der Waals surface area contributed by atoms with Crippen LogP contribution in [-0.4, -0.2) is 26.2 Å². The van der Waals surface area contributed by atoms with E-state index in [4.69, 9.17) is 4.74 Å². The maximum absolute atomic E-state index is 11.6. The minimum Gasteiger partial charge on any atom is -0.385 e. The Morgan fingerprint density at radius 3 is 2.60 bits per heavy atom. The number of ether oxygens (including phenoxy) is 1. The first-order valence-electron chi connectivity index (χ1n) is 5.08. The Kier molecular flexibility index (Phi) is 4.84. The SMILES string of the molecule is COCCCNC(=O)c1ccc(C)cc1. The molecule has 3 heteroatoms. The predicted molar refractivity (Wildman–Crippen MR) is 60.0 cm³/mol. The monoisotopic (exact) mass is 207 g/mol. The number of nitrogens with one attached hydrogen (secondary N) is 1. The third-order valence-electron chi connectivity index (χ3n) is 2.12. The molecular weight excluding hydrogens is 190 g/mol. The topological polar surface area (TPSA) is 38.3 Å². The van der Waals surface area contributed by atoms with Gasteiger partial charge in [0.15, 0.2) is 0 Å². The van der Waals surface area contributed by atoms with Crippen molar-refractivity contribution in [3.05, 3.63) is 35.4 Å². The lowest BCUT2D eigenvalue weighted by Crippen LogP contribution is -2.25. The van der Waals surface area contributed by atoms with E-state index in [0.717, 1.165) is 12.0 Å². The van der Waals surface area contributed by atoms with E-state index in [1.54, 1.807) is 7.11 Å². The van der Waals surface area contributed by atoms with Crippen molar-refractivity contribution < 1.29 is 9.53 Å². The van der Waals surface area contributed by atoms with Gasteiger partial charge in [0.25, 0.3) is 5.91 Å². The van der Waals surface area contributed by atoms with Crippen molar-refractivity contribution in [2.75, 3.05) is 20.3 Å². The fourth-order valence-corrected chi connectivity index (χ4v) is 1.23. The molecule has 15 heavy (non-hydrogen) atoms. The number of aryl methyl sites for hydroxylation is 1. The molecule has 0 fully saturated rings. The smallest absolute Gasteiger partial charge is 0.251 e. The Labute approximate surface area is 90.4 Å². The van der Waals surface area contributed by atoms with Crippen molar-refractivity contribution >= 4 is 5.91 Å². The number of methoxy groups -OCH3 is 1. The molecule has 0 saturated heterocycles. The number of rotatable bonds is 5. The van der Waals surface area contributed by atoms with E-state index in [-0.39, 0.29) is 5.91 Å². The van der Waals surface area contributed by atoms with Crippen LogP contribution in [0.5, 0.6) is 0 Å². The largest absolute Gasteiger partial charge is 0.385 e. The van der Waals surface area contributed by atoms with Gasteiger partial charge in [-0.2, -0.15) is 0 Å². The lowest BCUT2D eigenvalue weighted by Gasteiger charge is -2.04. The number of amides is 1. The van der Waals surface area contributed by atoms with Gasteiger partial charge in [-0.25, -0.2) is 0 Å². The summed E-state index contributed by atoms with van der Waals surface area (Å²) in [6, 6.07) is 7.54. The summed E-state index contributed by atoms with van der Waals surface area (Å²) in [4.78, 5) is 11.6. The average molecular weight is 207 g/mol. The highest BCUT2D eigenvalue weighted by atomic mass is 16.5. The first kappa shape index (κ1) is 11.7. The molecule has 1 rings (SSSR count). The van der Waals surface area contributed by atoms with E-state index >= 15 is 0 Å². The van der Waals surface area contributed by atoms with E-state index in [2.05, 4.69) is 5.32 Å². The average Bonchev–Trinajstić information content (AvgIpc) is 2.25. The molecular formula is C12H17NO2. The van der Waals surface area contributed by atoms with Crippen molar-refractivity contribution in [2.45, 2.75) is 13.3 Å². The lowest BCUT2D eigenvalue weighted by atomic mass is 10.1. The van der Waals surface area contributed by atoms with E-state index in [1.165, 1.54) is 0 Å². The van der Waals surface area contributed by atoms with Crippen LogP contribution in [-0.2, 0) is 4.74 Å². The number of hydrogen-bond acceptors (Lipinski definition) is 2. The first-order valence-corrected chi connectivity index (χ1v) is 5.08. The molecule has 0 aliphatic rings. The molecule has 0 aromatic heterocycles. The quantitative estimate of drug-likeness (QED) is 0.747. The highest BCUT2D eigenvalue weighted by Crippen LogP contribution is 2.02. The van der Waals surface area contributed by atoms with E-state index in [0.29, 0.717) is 18.7 Å². The van der Waals surface area contributed by atoms with Crippen LogP contribution in [0, 0.1) is 6.92 Å². The van der Waals surface area contributed by atoms with Crippen molar-refractivity contribution in [3.63, 3.8) is 0 Å². The molecule has 3 nitrogen and oxygen atoms in total. The van der Waals surface area contributed by atoms with Crippen LogP contribution in [0.25, 0.3) is 0 Å². The number of carbonyl (C=O) groups is 1. The summed E-state index contributed by atoms with van der Waals surface area (Å²) in [5.41, 5.74) is 1.86. The van der Waals surface area contributed by atoms with Gasteiger partial charge in [-0.3, -0.25) is 4.79 Å². The van der Waals surface area contributed by atoms with Gasteiger partial charge in [0, 0.05) is 25.8 Å². The van der Waals surface area contributed by atoms with Gasteiger partial charge in [-0.15, -0.1) is 0 Å². The van der Waals surface area contributed by atoms with Crippen LogP contribution >= 0.6 is 0 Å².